The quantitative estimate of drug-likeness (QED) is 0.765. The Bertz CT molecular complexity index is 541. The number of rotatable bonds is 3. The van der Waals surface area contributed by atoms with Crippen LogP contribution in [-0.4, -0.2) is 15.3 Å². The van der Waals surface area contributed by atoms with Gasteiger partial charge in [-0.1, -0.05) is 13.3 Å². The number of H-pyrrole nitrogens is 1. The van der Waals surface area contributed by atoms with Gasteiger partial charge in [-0.15, -0.1) is 0 Å². The van der Waals surface area contributed by atoms with Crippen LogP contribution in [0.1, 0.15) is 43.1 Å². The van der Waals surface area contributed by atoms with Gasteiger partial charge in [0.15, 0.2) is 5.78 Å². The number of nitrogens with one attached hydrogen (secondary N) is 1. The molecule has 2 atom stereocenters. The van der Waals surface area contributed by atoms with Gasteiger partial charge in [0, 0.05) is 12.2 Å². The molecule has 1 N–H and O–H groups in total. The monoisotopic (exact) mass is 222 g/mol. The summed E-state index contributed by atoms with van der Waals surface area (Å²) in [5.74, 6) is 0.0738. The Labute approximate surface area is 92.1 Å². The molecule has 1 aliphatic carbocycles. The first kappa shape index (κ1) is 10.9. The van der Waals surface area contributed by atoms with Crippen molar-refractivity contribution >= 4 is 5.78 Å². The fourth-order valence-electron chi connectivity index (χ4n) is 2.03. The van der Waals surface area contributed by atoms with Crippen molar-refractivity contribution in [2.24, 2.45) is 5.92 Å². The molecule has 0 aromatic carbocycles. The molecule has 1 heterocycles. The van der Waals surface area contributed by atoms with Gasteiger partial charge >= 0.3 is 5.69 Å². The largest absolute Gasteiger partial charge is 0.328 e. The molecular weight excluding hydrogens is 208 g/mol. The third kappa shape index (κ3) is 1.62. The highest BCUT2D eigenvalue weighted by Crippen LogP contribution is 2.43. The molecule has 0 aliphatic heterocycles. The third-order valence-electron chi connectivity index (χ3n) is 3.13. The van der Waals surface area contributed by atoms with E-state index < -0.39 is 11.2 Å². The molecule has 2 rings (SSSR count). The SMILES string of the molecule is CCC1CC1n1c(=O)[nH]cc(C(C)=O)c1=O. The van der Waals surface area contributed by atoms with Crippen LogP contribution in [0.2, 0.25) is 0 Å². The third-order valence-corrected chi connectivity index (χ3v) is 3.13. The minimum atomic E-state index is -0.461. The van der Waals surface area contributed by atoms with Gasteiger partial charge in [-0.3, -0.25) is 14.2 Å². The Morgan fingerprint density at radius 2 is 2.25 bits per heavy atom. The molecule has 1 fully saturated rings. The van der Waals surface area contributed by atoms with Crippen molar-refractivity contribution in [2.45, 2.75) is 32.7 Å². The van der Waals surface area contributed by atoms with E-state index in [1.165, 1.54) is 17.7 Å². The fraction of sp³-hybridized carbons (Fsp3) is 0.545. The first-order chi connectivity index (χ1) is 7.56. The van der Waals surface area contributed by atoms with Crippen LogP contribution in [0.15, 0.2) is 15.8 Å². The normalized spacial score (nSPS) is 23.1. The van der Waals surface area contributed by atoms with Crippen molar-refractivity contribution in [3.8, 4) is 0 Å². The Balaban J connectivity index is 2.53. The van der Waals surface area contributed by atoms with Crippen LogP contribution >= 0.6 is 0 Å². The molecular formula is C11H14N2O3. The van der Waals surface area contributed by atoms with Crippen LogP contribution < -0.4 is 11.2 Å². The molecule has 1 aliphatic rings. The average Bonchev–Trinajstić information content (AvgIpc) is 2.96. The summed E-state index contributed by atoms with van der Waals surface area (Å²) >= 11 is 0. The van der Waals surface area contributed by atoms with Crippen LogP contribution in [0.4, 0.5) is 0 Å². The van der Waals surface area contributed by atoms with Crippen LogP contribution in [0.3, 0.4) is 0 Å². The summed E-state index contributed by atoms with van der Waals surface area (Å²) in [5, 5.41) is 0. The van der Waals surface area contributed by atoms with E-state index in [1.54, 1.807) is 0 Å². The van der Waals surface area contributed by atoms with Gasteiger partial charge in [0.2, 0.25) is 0 Å². The minimum Gasteiger partial charge on any atom is -0.313 e. The van der Waals surface area contributed by atoms with Crippen molar-refractivity contribution in [2.75, 3.05) is 0 Å². The lowest BCUT2D eigenvalue weighted by Gasteiger charge is -2.04. The first-order valence-corrected chi connectivity index (χ1v) is 5.41. The summed E-state index contributed by atoms with van der Waals surface area (Å²) in [6.07, 6.45) is 2.99. The molecule has 16 heavy (non-hydrogen) atoms. The number of nitrogens with zero attached hydrogens (tertiary/aromatic N) is 1. The number of carbonyl (C=O) groups is 1. The van der Waals surface area contributed by atoms with Crippen LogP contribution in [0.5, 0.6) is 0 Å². The van der Waals surface area contributed by atoms with E-state index in [-0.39, 0.29) is 17.4 Å². The molecule has 5 heteroatoms. The number of carbonyl (C=O) groups excluding carboxylic acids is 1. The summed E-state index contributed by atoms with van der Waals surface area (Å²) < 4.78 is 1.19. The van der Waals surface area contributed by atoms with E-state index in [0.717, 1.165) is 12.8 Å². The van der Waals surface area contributed by atoms with Crippen LogP contribution in [-0.2, 0) is 0 Å². The molecule has 86 valence electrons. The van der Waals surface area contributed by atoms with E-state index in [4.69, 9.17) is 0 Å². The smallest absolute Gasteiger partial charge is 0.313 e. The molecule has 0 amide bonds. The summed E-state index contributed by atoms with van der Waals surface area (Å²) in [6.45, 7) is 3.35. The maximum Gasteiger partial charge on any atom is 0.328 e. The highest BCUT2D eigenvalue weighted by molar-refractivity contribution is 5.93. The molecule has 5 nitrogen and oxygen atoms in total. The fourth-order valence-corrected chi connectivity index (χ4v) is 2.03. The molecule has 1 aromatic heterocycles. The summed E-state index contributed by atoms with van der Waals surface area (Å²) in [5.41, 5.74) is -0.825. The number of aromatic amines is 1. The van der Waals surface area contributed by atoms with Crippen molar-refractivity contribution in [1.82, 2.24) is 9.55 Å². The van der Waals surface area contributed by atoms with Crippen LogP contribution in [0, 0.1) is 5.92 Å². The lowest BCUT2D eigenvalue weighted by atomic mass is 10.2. The summed E-state index contributed by atoms with van der Waals surface area (Å²) in [7, 11) is 0. The predicted octanol–water partition coefficient (Wildman–Crippen LogP) is 0.710. The summed E-state index contributed by atoms with van der Waals surface area (Å²) in [4.78, 5) is 37.1. The molecule has 0 bridgehead atoms. The van der Waals surface area contributed by atoms with Gasteiger partial charge in [0.05, 0.1) is 5.56 Å². The molecule has 2 unspecified atom stereocenters. The second kappa shape index (κ2) is 3.73. The first-order valence-electron chi connectivity index (χ1n) is 5.41. The van der Waals surface area contributed by atoms with Gasteiger partial charge in [0.1, 0.15) is 0 Å². The standard InChI is InChI=1S/C11H14N2O3/c1-3-7-4-9(7)13-10(15)8(6(2)14)5-12-11(13)16/h5,7,9H,3-4H2,1-2H3,(H,12,16). The van der Waals surface area contributed by atoms with Crippen molar-refractivity contribution in [3.63, 3.8) is 0 Å². The maximum atomic E-state index is 11.9. The zero-order valence-electron chi connectivity index (χ0n) is 9.32. The number of hydrogen-bond donors (Lipinski definition) is 1. The molecule has 0 saturated heterocycles. The van der Waals surface area contributed by atoms with E-state index in [1.807, 2.05) is 6.92 Å². The van der Waals surface area contributed by atoms with E-state index in [2.05, 4.69) is 4.98 Å². The Morgan fingerprint density at radius 3 is 2.75 bits per heavy atom. The topological polar surface area (TPSA) is 71.9 Å². The van der Waals surface area contributed by atoms with E-state index in [9.17, 15) is 14.4 Å². The highest BCUT2D eigenvalue weighted by Gasteiger charge is 2.39. The lowest BCUT2D eigenvalue weighted by Crippen LogP contribution is -2.37. The second-order valence-electron chi connectivity index (χ2n) is 4.21. The predicted molar refractivity (Wildman–Crippen MR) is 58.8 cm³/mol. The Morgan fingerprint density at radius 1 is 1.56 bits per heavy atom. The van der Waals surface area contributed by atoms with Crippen molar-refractivity contribution in [1.29, 1.82) is 0 Å². The van der Waals surface area contributed by atoms with Crippen molar-refractivity contribution in [3.05, 3.63) is 32.6 Å². The molecule has 0 radical (unpaired) electrons. The number of aromatic nitrogens is 2. The molecule has 1 saturated carbocycles. The zero-order valence-corrected chi connectivity index (χ0v) is 9.32. The highest BCUT2D eigenvalue weighted by atomic mass is 16.2. The number of ketones is 1. The van der Waals surface area contributed by atoms with Gasteiger partial charge < -0.3 is 4.98 Å². The van der Waals surface area contributed by atoms with Gasteiger partial charge in [-0.25, -0.2) is 4.79 Å². The minimum absolute atomic E-state index is 0.0273. The zero-order chi connectivity index (χ0) is 11.9. The average molecular weight is 222 g/mol. The van der Waals surface area contributed by atoms with Gasteiger partial charge in [-0.05, 0) is 19.3 Å². The van der Waals surface area contributed by atoms with Crippen LogP contribution in [0.25, 0.3) is 0 Å². The van der Waals surface area contributed by atoms with Gasteiger partial charge in [-0.2, -0.15) is 0 Å². The summed E-state index contributed by atoms with van der Waals surface area (Å²) in [6, 6.07) is -0.0273. The van der Waals surface area contributed by atoms with Crippen molar-refractivity contribution < 1.29 is 4.79 Å². The van der Waals surface area contributed by atoms with Gasteiger partial charge in [0.25, 0.3) is 5.56 Å². The number of hydrogen-bond acceptors (Lipinski definition) is 3. The lowest BCUT2D eigenvalue weighted by molar-refractivity contribution is 0.101. The molecule has 0 spiro atoms. The second-order valence-corrected chi connectivity index (χ2v) is 4.21. The van der Waals surface area contributed by atoms with E-state index in [0.29, 0.717) is 5.92 Å². The maximum absolute atomic E-state index is 11.9. The molecule has 1 aromatic rings. The Hall–Kier alpha value is -1.65. The number of Topliss-reactive ketones (excluding diaryl/α,β-unsaturated/α-hetero) is 1. The Kier molecular flexibility index (Phi) is 2.53. The van der Waals surface area contributed by atoms with E-state index >= 15 is 0 Å².